The predicted molar refractivity (Wildman–Crippen MR) is 29.9 cm³/mol. The van der Waals surface area contributed by atoms with E-state index in [-0.39, 0.29) is 32.7 Å². The van der Waals surface area contributed by atoms with Gasteiger partial charge in [-0.3, -0.25) is 0 Å². The van der Waals surface area contributed by atoms with Crippen molar-refractivity contribution in [1.29, 1.82) is 0 Å². The van der Waals surface area contributed by atoms with E-state index in [2.05, 4.69) is 6.07 Å². The molecule has 10 heavy (non-hydrogen) atoms. The van der Waals surface area contributed by atoms with Crippen molar-refractivity contribution in [2.45, 2.75) is 6.92 Å². The summed E-state index contributed by atoms with van der Waals surface area (Å²) in [4.78, 5) is 0. The van der Waals surface area contributed by atoms with Crippen molar-refractivity contribution in [3.8, 4) is 0 Å². The molecule has 1 rings (SSSR count). The fourth-order valence-electron chi connectivity index (χ4n) is 0.630. The predicted octanol–water partition coefficient (Wildman–Crippen LogP) is 2.07. The summed E-state index contributed by atoms with van der Waals surface area (Å²) in [5.74, 6) is -1.20. The first-order valence-electron chi connectivity index (χ1n) is 2.53. The summed E-state index contributed by atoms with van der Waals surface area (Å²) in [6.07, 6.45) is 0. The molecule has 0 aliphatic rings. The van der Waals surface area contributed by atoms with E-state index in [0.717, 1.165) is 6.07 Å². The standard InChI is InChI=1S/C7H5F2.Y/c1-5-2-6(8)4-7(9)3-5;/h2,4H,1H3;/q-1;. The van der Waals surface area contributed by atoms with Gasteiger partial charge in [0.1, 0.15) is 0 Å². The van der Waals surface area contributed by atoms with E-state index in [1.165, 1.54) is 6.07 Å². The molecule has 51 valence electrons. The van der Waals surface area contributed by atoms with E-state index < -0.39 is 11.6 Å². The van der Waals surface area contributed by atoms with E-state index in [4.69, 9.17) is 0 Å². The van der Waals surface area contributed by atoms with Crippen LogP contribution in [0.1, 0.15) is 5.56 Å². The Morgan fingerprint density at radius 3 is 2.30 bits per heavy atom. The van der Waals surface area contributed by atoms with Gasteiger partial charge in [-0.15, -0.1) is 18.2 Å². The van der Waals surface area contributed by atoms with E-state index in [1.54, 1.807) is 6.92 Å². The topological polar surface area (TPSA) is 0 Å². The van der Waals surface area contributed by atoms with Crippen molar-refractivity contribution in [2.75, 3.05) is 0 Å². The zero-order chi connectivity index (χ0) is 6.85. The first-order chi connectivity index (χ1) is 4.18. The van der Waals surface area contributed by atoms with Crippen LogP contribution in [0.3, 0.4) is 0 Å². The van der Waals surface area contributed by atoms with Gasteiger partial charge in [-0.1, -0.05) is 6.92 Å². The second kappa shape index (κ2) is 4.14. The summed E-state index contributed by atoms with van der Waals surface area (Å²) in [5.41, 5.74) is 0.479. The van der Waals surface area contributed by atoms with Crippen molar-refractivity contribution in [3.05, 3.63) is 35.4 Å². The Morgan fingerprint density at radius 1 is 1.30 bits per heavy atom. The van der Waals surface area contributed by atoms with Gasteiger partial charge in [-0.2, -0.15) is 5.56 Å². The van der Waals surface area contributed by atoms with Crippen molar-refractivity contribution in [1.82, 2.24) is 0 Å². The third kappa shape index (κ3) is 2.85. The van der Waals surface area contributed by atoms with Gasteiger partial charge >= 0.3 is 0 Å². The van der Waals surface area contributed by atoms with Gasteiger partial charge < -0.3 is 0 Å². The van der Waals surface area contributed by atoms with E-state index in [9.17, 15) is 8.78 Å². The molecule has 0 N–H and O–H groups in total. The molecule has 0 aliphatic carbocycles. The minimum atomic E-state index is -0.646. The van der Waals surface area contributed by atoms with Crippen LogP contribution in [0.4, 0.5) is 8.78 Å². The minimum Gasteiger partial charge on any atom is -0.236 e. The van der Waals surface area contributed by atoms with E-state index in [0.29, 0.717) is 5.56 Å². The smallest absolute Gasteiger partial charge is 0.0181 e. The second-order valence-corrected chi connectivity index (χ2v) is 1.83. The van der Waals surface area contributed by atoms with Crippen molar-refractivity contribution < 1.29 is 41.5 Å². The van der Waals surface area contributed by atoms with Crippen LogP contribution in [0, 0.1) is 24.6 Å². The second-order valence-electron chi connectivity index (χ2n) is 1.83. The molecular formula is C7H5F2Y-. The fourth-order valence-corrected chi connectivity index (χ4v) is 0.630. The Balaban J connectivity index is 0.000000810. The molecule has 3 heteroatoms. The molecule has 0 nitrogen and oxygen atoms in total. The zero-order valence-electron chi connectivity index (χ0n) is 5.49. The number of aryl methyl sites for hydroxylation is 1. The molecule has 1 aromatic carbocycles. The van der Waals surface area contributed by atoms with Crippen molar-refractivity contribution >= 4 is 0 Å². The van der Waals surface area contributed by atoms with Crippen LogP contribution in [0.25, 0.3) is 0 Å². The van der Waals surface area contributed by atoms with E-state index in [1.807, 2.05) is 0 Å². The van der Waals surface area contributed by atoms with Crippen LogP contribution in [0.15, 0.2) is 12.1 Å². The zero-order valence-corrected chi connectivity index (χ0v) is 8.33. The molecule has 0 unspecified atom stereocenters. The van der Waals surface area contributed by atoms with E-state index >= 15 is 0 Å². The molecule has 1 aromatic rings. The summed E-state index contributed by atoms with van der Waals surface area (Å²) in [6, 6.07) is 4.33. The third-order valence-electron chi connectivity index (χ3n) is 0.936. The van der Waals surface area contributed by atoms with Gasteiger partial charge in [0.25, 0.3) is 0 Å². The number of hydrogen-bond acceptors (Lipinski definition) is 0. The molecule has 0 saturated carbocycles. The van der Waals surface area contributed by atoms with Gasteiger partial charge in [-0.25, -0.2) is 8.78 Å². The van der Waals surface area contributed by atoms with Crippen molar-refractivity contribution in [3.63, 3.8) is 0 Å². The molecule has 0 spiro atoms. The Hall–Kier alpha value is 0.184. The summed E-state index contributed by atoms with van der Waals surface area (Å²) in [7, 11) is 0. The van der Waals surface area contributed by atoms with Gasteiger partial charge in [0.2, 0.25) is 0 Å². The molecule has 0 atom stereocenters. The summed E-state index contributed by atoms with van der Waals surface area (Å²) < 4.78 is 24.3. The number of rotatable bonds is 0. The molecule has 1 radical (unpaired) electrons. The maximum absolute atomic E-state index is 12.2. The maximum atomic E-state index is 12.2. The molecule has 0 aromatic heterocycles. The molecule has 0 amide bonds. The summed E-state index contributed by atoms with van der Waals surface area (Å²) in [5, 5.41) is 0. The van der Waals surface area contributed by atoms with Crippen LogP contribution in [-0.4, -0.2) is 0 Å². The van der Waals surface area contributed by atoms with Crippen LogP contribution in [0.5, 0.6) is 0 Å². The van der Waals surface area contributed by atoms with Crippen molar-refractivity contribution in [2.24, 2.45) is 0 Å². The average Bonchev–Trinajstić information content (AvgIpc) is 1.59. The SMILES string of the molecule is Cc1[c-]c(F)cc(F)c1.[Y]. The molecule has 0 saturated heterocycles. The normalized spacial score (nSPS) is 8.70. The number of halogens is 2. The monoisotopic (exact) mass is 216 g/mol. The van der Waals surface area contributed by atoms with Crippen LogP contribution < -0.4 is 0 Å². The summed E-state index contributed by atoms with van der Waals surface area (Å²) in [6.45, 7) is 1.59. The minimum absolute atomic E-state index is 0. The largest absolute Gasteiger partial charge is 0.236 e. The fraction of sp³-hybridized carbons (Fsp3) is 0.143. The van der Waals surface area contributed by atoms with Gasteiger partial charge in [-0.05, 0) is 0 Å². The molecule has 0 bridgehead atoms. The van der Waals surface area contributed by atoms with Gasteiger partial charge in [0.15, 0.2) is 0 Å². The number of hydrogen-bond donors (Lipinski definition) is 0. The molecule has 0 heterocycles. The van der Waals surface area contributed by atoms with Gasteiger partial charge in [0, 0.05) is 44.3 Å². The maximum Gasteiger partial charge on any atom is 0.0181 e. The Morgan fingerprint density at radius 2 is 1.90 bits per heavy atom. The first-order valence-corrected chi connectivity index (χ1v) is 2.53. The average molecular weight is 216 g/mol. The Labute approximate surface area is 83.5 Å². The summed E-state index contributed by atoms with van der Waals surface area (Å²) >= 11 is 0. The molecule has 0 fully saturated rings. The third-order valence-corrected chi connectivity index (χ3v) is 0.936. The molecule has 0 aliphatic heterocycles. The first kappa shape index (κ1) is 10.2. The van der Waals surface area contributed by atoms with Crippen LogP contribution >= 0.6 is 0 Å². The Kier molecular flexibility index (Phi) is 4.22. The number of benzene rings is 1. The van der Waals surface area contributed by atoms with Crippen LogP contribution in [-0.2, 0) is 32.7 Å². The van der Waals surface area contributed by atoms with Crippen LogP contribution in [0.2, 0.25) is 0 Å². The quantitative estimate of drug-likeness (QED) is 0.582. The molecular weight excluding hydrogens is 211 g/mol. The van der Waals surface area contributed by atoms with Gasteiger partial charge in [0.05, 0.1) is 0 Å². The Bertz CT molecular complexity index is 172.